The molecule has 2 aliphatic rings. The third kappa shape index (κ3) is 10.6. The first kappa shape index (κ1) is 68.6. The summed E-state index contributed by atoms with van der Waals surface area (Å²) >= 11 is 0. The average Bonchev–Trinajstić information content (AvgIpc) is 3.00. The van der Waals surface area contributed by atoms with Gasteiger partial charge in [0.25, 0.3) is 0 Å². The highest BCUT2D eigenvalue weighted by Crippen LogP contribution is 2.63. The van der Waals surface area contributed by atoms with Crippen LogP contribution < -0.4 is 0 Å². The fraction of sp³-hybridized carbons (Fsp3) is 1.00. The van der Waals surface area contributed by atoms with Gasteiger partial charge in [-0.05, 0) is 12.1 Å². The van der Waals surface area contributed by atoms with Gasteiger partial charge in [0.1, 0.15) is 0 Å². The summed E-state index contributed by atoms with van der Waals surface area (Å²) in [4.78, 5) is 0. The summed E-state index contributed by atoms with van der Waals surface area (Å²) in [5.41, 5.74) is 0. The molecule has 0 aromatic carbocycles. The predicted octanol–water partition coefficient (Wildman–Crippen LogP) is 12.1. The van der Waals surface area contributed by atoms with Gasteiger partial charge in [-0.1, -0.05) is 0 Å². The van der Waals surface area contributed by atoms with Crippen LogP contribution in [0.25, 0.3) is 0 Å². The highest BCUT2D eigenvalue weighted by atomic mass is 28.5. The monoisotopic (exact) mass is 1350 g/mol. The van der Waals surface area contributed by atoms with Crippen LogP contribution in [0.1, 0.15) is 0 Å². The van der Waals surface area contributed by atoms with Crippen molar-refractivity contribution in [2.75, 3.05) is 0 Å². The second-order valence-corrected chi connectivity index (χ2v) is 39.4. The van der Waals surface area contributed by atoms with Crippen LogP contribution in [-0.2, 0) is 32.9 Å². The van der Waals surface area contributed by atoms with Gasteiger partial charge < -0.3 is 32.9 Å². The number of alkyl halides is 42. The fourth-order valence-corrected chi connectivity index (χ4v) is 43.3. The third-order valence-corrected chi connectivity index (χ3v) is 40.6. The lowest BCUT2D eigenvalue weighted by molar-refractivity contribution is -0.206. The lowest BCUT2D eigenvalue weighted by atomic mass is 10.9. The van der Waals surface area contributed by atoms with E-state index in [9.17, 15) is 158 Å². The van der Waals surface area contributed by atoms with E-state index < -0.39 is 162 Å². The molecule has 74 heavy (non-hydrogen) atoms. The van der Waals surface area contributed by atoms with Gasteiger partial charge in [-0.15, -0.1) is 0 Å². The Bertz CT molecular complexity index is 1680. The maximum atomic E-state index is 15.1. The zero-order valence-corrected chi connectivity index (χ0v) is 39.6. The molecule has 0 radical (unpaired) electrons. The molecule has 0 aromatic rings. The van der Waals surface area contributed by atoms with E-state index in [1.807, 2.05) is 16.5 Å². The van der Waals surface area contributed by atoms with Crippen molar-refractivity contribution in [3.8, 4) is 0 Å². The minimum atomic E-state index is -11.7. The smallest absolute Gasteiger partial charge is 0.398 e. The molecule has 2 heterocycles. The number of hydrogen-bond donors (Lipinski definition) is 0. The molecule has 2 saturated heterocycles. The summed E-state index contributed by atoms with van der Waals surface area (Å²) in [7, 11) is -92.6. The van der Waals surface area contributed by atoms with Gasteiger partial charge >= 0.3 is 150 Å². The molecule has 2 aliphatic heterocycles. The normalized spacial score (nSPS) is 24.1. The molecule has 0 amide bonds. The summed E-state index contributed by atoms with van der Waals surface area (Å²) in [5, 5.41) is 0. The second kappa shape index (κ2) is 18.0. The summed E-state index contributed by atoms with van der Waals surface area (Å²) in [6.07, 6.45) is 0. The number of halogens is 42. The maximum absolute atomic E-state index is 15.1. The van der Waals surface area contributed by atoms with Crippen molar-refractivity contribution in [3.05, 3.63) is 0 Å². The topological polar surface area (TPSA) is 73.8 Å². The third-order valence-electron chi connectivity index (χ3n) is 8.51. The van der Waals surface area contributed by atoms with Crippen molar-refractivity contribution in [2.24, 2.45) is 0 Å². The Morgan fingerprint density at radius 3 is 0.324 bits per heavy atom. The van der Waals surface area contributed by atoms with Gasteiger partial charge in [0.15, 0.2) is 0 Å². The molecule has 2 fully saturated rings. The lowest BCUT2D eigenvalue weighted by Crippen LogP contribution is -2.89. The van der Waals surface area contributed by atoms with Gasteiger partial charge in [0.2, 0.25) is 0 Å². The molecular formula is C16H4F42O8Si8. The minimum absolute atomic E-state index is 1.69. The standard InChI is InChI=1S/C16H4F42O8Si8/c17-3(18,19)67(59-69(5(23,24)25,6(26,27)28)63-73(13(47,48)49,14(50,51)52)64-70(60-67,7(29,30)31)8(32,33)34)1-2-68(4(20,21)22)61-71(9(35,36)37,10(38,39)40)65-74(15(53,54)55,16(56,57)58)66-72(62-68,11(41,42)43)12(44,45)46/h1-2H2. The van der Waals surface area contributed by atoms with Crippen molar-refractivity contribution in [1.82, 2.24) is 0 Å². The van der Waals surface area contributed by atoms with Crippen LogP contribution >= 0.6 is 0 Å². The van der Waals surface area contributed by atoms with Crippen LogP contribution in [0.2, 0.25) is 12.1 Å². The van der Waals surface area contributed by atoms with Crippen molar-refractivity contribution in [2.45, 2.75) is 93.3 Å². The molecule has 0 bridgehead atoms. The Morgan fingerprint density at radius 2 is 0.243 bits per heavy atom. The van der Waals surface area contributed by atoms with Gasteiger partial charge in [0, 0.05) is 0 Å². The van der Waals surface area contributed by atoms with E-state index in [-0.39, 0.29) is 0 Å². The second-order valence-electron chi connectivity index (χ2n) is 13.5. The Hall–Kier alpha value is -1.52. The average molecular weight is 1350 g/mol. The van der Waals surface area contributed by atoms with Crippen molar-refractivity contribution < 1.29 is 217 Å². The summed E-state index contributed by atoms with van der Waals surface area (Å²) in [5.74, 6) is -127. The van der Waals surface area contributed by atoms with E-state index in [4.69, 9.17) is 0 Å². The Labute approximate surface area is 379 Å². The number of hydrogen-bond acceptors (Lipinski definition) is 8. The first-order valence-electron chi connectivity index (χ1n) is 15.9. The van der Waals surface area contributed by atoms with Gasteiger partial charge in [-0.2, -0.15) is 184 Å². The first-order valence-corrected chi connectivity index (χ1v) is 30.9. The molecule has 58 heteroatoms. The van der Waals surface area contributed by atoms with Crippen LogP contribution in [0.3, 0.4) is 0 Å². The van der Waals surface area contributed by atoms with Crippen LogP contribution in [-0.4, -0.2) is 150 Å². The zero-order valence-electron chi connectivity index (χ0n) is 31.6. The fourth-order valence-electron chi connectivity index (χ4n) is 5.31. The molecule has 0 unspecified atom stereocenters. The summed E-state index contributed by atoms with van der Waals surface area (Å²) in [6, 6.07) is -11.4. The summed E-state index contributed by atoms with van der Waals surface area (Å²) < 4.78 is 621. The largest absolute Gasteiger partial charge is 0.557 e. The van der Waals surface area contributed by atoms with Gasteiger partial charge in [0.05, 0.1) is 0 Å². The van der Waals surface area contributed by atoms with E-state index in [0.29, 0.717) is 0 Å². The SMILES string of the molecule is FC(F)(F)[Si]1(CC[Si]2(C(F)(F)F)O[Si](C(F)(F)F)(C(F)(F)F)O[Si](C(F)(F)F)(C(F)(F)F)O[Si](C(F)(F)F)(C(F)(F)F)O2)O[Si](C(F)(F)F)(C(F)(F)F)O[Si](C(F)(F)F)(C(F)(F)F)O[Si](C(F)(F)F)(C(F)(F)F)O1. The molecule has 0 N–H and O–H groups in total. The lowest BCUT2D eigenvalue weighted by Gasteiger charge is -2.54. The molecule has 2 rings (SSSR count). The molecule has 0 spiro atoms. The minimum Gasteiger partial charge on any atom is -0.398 e. The quantitative estimate of drug-likeness (QED) is 0.204. The highest BCUT2D eigenvalue weighted by molar-refractivity contribution is 7.00. The molecule has 8 nitrogen and oxygen atoms in total. The maximum Gasteiger partial charge on any atom is 0.557 e. The van der Waals surface area contributed by atoms with Crippen LogP contribution in [0.5, 0.6) is 0 Å². The van der Waals surface area contributed by atoms with E-state index in [1.165, 1.54) is 0 Å². The zero-order chi connectivity index (χ0) is 60.1. The van der Waals surface area contributed by atoms with Crippen LogP contribution in [0.4, 0.5) is 184 Å². The van der Waals surface area contributed by atoms with Crippen molar-refractivity contribution in [3.63, 3.8) is 0 Å². The Kier molecular flexibility index (Phi) is 16.7. The van der Waals surface area contributed by atoms with Gasteiger partial charge in [-0.25, -0.2) is 0 Å². The molecule has 0 aromatic heterocycles. The Balaban J connectivity index is 3.79. The van der Waals surface area contributed by atoms with Gasteiger partial charge in [-0.3, -0.25) is 0 Å². The van der Waals surface area contributed by atoms with Crippen molar-refractivity contribution in [1.29, 1.82) is 0 Å². The van der Waals surface area contributed by atoms with Crippen LogP contribution in [0.15, 0.2) is 0 Å². The van der Waals surface area contributed by atoms with Crippen molar-refractivity contribution >= 4 is 68.5 Å². The van der Waals surface area contributed by atoms with E-state index in [2.05, 4.69) is 0 Å². The van der Waals surface area contributed by atoms with E-state index in [0.717, 1.165) is 0 Å². The predicted molar refractivity (Wildman–Crippen MR) is 149 cm³/mol. The van der Waals surface area contributed by atoms with E-state index >= 15 is 26.3 Å². The molecular weight excluding hydrogens is 1340 g/mol. The van der Waals surface area contributed by atoms with Crippen LogP contribution in [0, 0.1) is 0 Å². The molecule has 442 valence electrons. The molecule has 0 saturated carbocycles. The summed E-state index contributed by atoms with van der Waals surface area (Å²) in [6.45, 7) is 0. The Morgan fingerprint density at radius 1 is 0.149 bits per heavy atom. The first-order chi connectivity index (χ1) is 31.4. The number of rotatable bonds is 3. The highest BCUT2D eigenvalue weighted by Gasteiger charge is 3.01. The van der Waals surface area contributed by atoms with E-state index in [1.54, 1.807) is 16.5 Å². The molecule has 0 aliphatic carbocycles. The molecule has 0 atom stereocenters.